The Morgan fingerprint density at radius 2 is 2.24 bits per heavy atom. The minimum Gasteiger partial charge on any atom is -0.493 e. The van der Waals surface area contributed by atoms with Crippen molar-refractivity contribution < 1.29 is 14.6 Å². The number of carbonyl (C=O) groups is 1. The summed E-state index contributed by atoms with van der Waals surface area (Å²) in [4.78, 5) is 11.3. The molecule has 0 aliphatic rings. The number of carboxylic acid groups (broad SMARTS) is 1. The summed E-state index contributed by atoms with van der Waals surface area (Å²) in [6.07, 6.45) is 0. The average molecular weight is 250 g/mol. The van der Waals surface area contributed by atoms with Gasteiger partial charge in [-0.3, -0.25) is 0 Å². The molecule has 1 aromatic heterocycles. The molecule has 1 heterocycles. The lowest BCUT2D eigenvalue weighted by molar-refractivity contribution is 0.0702. The van der Waals surface area contributed by atoms with E-state index in [2.05, 4.69) is 13.8 Å². The zero-order chi connectivity index (χ0) is 12.4. The Morgan fingerprint density at radius 3 is 2.88 bits per heavy atom. The Bertz CT molecular complexity index is 543. The third-order valence-electron chi connectivity index (χ3n) is 2.30. The van der Waals surface area contributed by atoms with Crippen molar-refractivity contribution in [3.05, 3.63) is 29.1 Å². The van der Waals surface area contributed by atoms with Crippen LogP contribution in [0.3, 0.4) is 0 Å². The summed E-state index contributed by atoms with van der Waals surface area (Å²) in [6, 6.07) is 7.36. The Morgan fingerprint density at radius 1 is 1.47 bits per heavy atom. The smallest absolute Gasteiger partial charge is 0.345 e. The number of aromatic carboxylic acids is 1. The topological polar surface area (TPSA) is 46.5 Å². The van der Waals surface area contributed by atoms with E-state index in [4.69, 9.17) is 9.84 Å². The maximum Gasteiger partial charge on any atom is 0.345 e. The van der Waals surface area contributed by atoms with Crippen molar-refractivity contribution in [2.45, 2.75) is 13.8 Å². The largest absolute Gasteiger partial charge is 0.493 e. The van der Waals surface area contributed by atoms with E-state index in [-0.39, 0.29) is 0 Å². The molecule has 17 heavy (non-hydrogen) atoms. The van der Waals surface area contributed by atoms with Crippen LogP contribution in [-0.4, -0.2) is 17.7 Å². The first kappa shape index (κ1) is 11.9. The van der Waals surface area contributed by atoms with E-state index in [1.165, 1.54) is 11.3 Å². The van der Waals surface area contributed by atoms with E-state index in [0.717, 1.165) is 15.8 Å². The quantitative estimate of drug-likeness (QED) is 0.901. The van der Waals surface area contributed by atoms with Gasteiger partial charge in [0.05, 0.1) is 6.61 Å². The molecule has 0 saturated heterocycles. The van der Waals surface area contributed by atoms with E-state index in [1.807, 2.05) is 18.2 Å². The maximum atomic E-state index is 10.9. The van der Waals surface area contributed by atoms with Gasteiger partial charge in [0.15, 0.2) is 0 Å². The van der Waals surface area contributed by atoms with Crippen molar-refractivity contribution in [1.82, 2.24) is 0 Å². The van der Waals surface area contributed by atoms with Gasteiger partial charge in [0.1, 0.15) is 10.6 Å². The zero-order valence-corrected chi connectivity index (χ0v) is 10.6. The van der Waals surface area contributed by atoms with Crippen LogP contribution in [0, 0.1) is 5.92 Å². The van der Waals surface area contributed by atoms with Crippen LogP contribution in [0.1, 0.15) is 23.5 Å². The predicted octanol–water partition coefficient (Wildman–Crippen LogP) is 3.63. The van der Waals surface area contributed by atoms with Crippen molar-refractivity contribution in [2.75, 3.05) is 6.61 Å². The molecule has 3 nitrogen and oxygen atoms in total. The molecule has 1 N–H and O–H groups in total. The van der Waals surface area contributed by atoms with Gasteiger partial charge >= 0.3 is 5.97 Å². The molecule has 2 rings (SSSR count). The lowest BCUT2D eigenvalue weighted by Crippen LogP contribution is -2.04. The van der Waals surface area contributed by atoms with Crippen LogP contribution < -0.4 is 4.74 Å². The molecule has 0 fully saturated rings. The van der Waals surface area contributed by atoms with E-state index in [0.29, 0.717) is 17.4 Å². The minimum atomic E-state index is -0.888. The minimum absolute atomic E-state index is 0.348. The molecule has 0 radical (unpaired) electrons. The highest BCUT2D eigenvalue weighted by atomic mass is 32.1. The highest BCUT2D eigenvalue weighted by Crippen LogP contribution is 2.32. The van der Waals surface area contributed by atoms with Crippen molar-refractivity contribution in [1.29, 1.82) is 0 Å². The summed E-state index contributed by atoms with van der Waals surface area (Å²) in [5.41, 5.74) is 0. The number of hydrogen-bond acceptors (Lipinski definition) is 3. The number of benzene rings is 1. The second kappa shape index (κ2) is 4.75. The van der Waals surface area contributed by atoms with Gasteiger partial charge in [-0.2, -0.15) is 0 Å². The van der Waals surface area contributed by atoms with Gasteiger partial charge in [-0.05, 0) is 24.1 Å². The van der Waals surface area contributed by atoms with E-state index in [9.17, 15) is 4.79 Å². The van der Waals surface area contributed by atoms with Gasteiger partial charge in [-0.1, -0.05) is 19.9 Å². The first-order chi connectivity index (χ1) is 8.08. The maximum absolute atomic E-state index is 10.9. The predicted molar refractivity (Wildman–Crippen MR) is 69.1 cm³/mol. The molecule has 1 aromatic carbocycles. The van der Waals surface area contributed by atoms with Crippen LogP contribution in [-0.2, 0) is 0 Å². The van der Waals surface area contributed by atoms with E-state index in [1.54, 1.807) is 6.07 Å². The van der Waals surface area contributed by atoms with Crippen molar-refractivity contribution in [3.8, 4) is 5.75 Å². The molecule has 0 bridgehead atoms. The molecule has 0 amide bonds. The molecule has 0 spiro atoms. The Hall–Kier alpha value is -1.55. The molecule has 0 aliphatic heterocycles. The normalized spacial score (nSPS) is 11.0. The lowest BCUT2D eigenvalue weighted by atomic mass is 10.2. The van der Waals surface area contributed by atoms with Gasteiger partial charge in [0.2, 0.25) is 0 Å². The van der Waals surface area contributed by atoms with E-state index < -0.39 is 5.97 Å². The Balaban J connectivity index is 2.38. The third kappa shape index (κ3) is 2.58. The lowest BCUT2D eigenvalue weighted by Gasteiger charge is -2.09. The average Bonchev–Trinajstić information content (AvgIpc) is 2.70. The summed E-state index contributed by atoms with van der Waals surface area (Å²) in [6.45, 7) is 4.80. The van der Waals surface area contributed by atoms with Crippen molar-refractivity contribution >= 4 is 27.4 Å². The summed E-state index contributed by atoms with van der Waals surface area (Å²) in [7, 11) is 0. The zero-order valence-electron chi connectivity index (χ0n) is 9.77. The fourth-order valence-electron chi connectivity index (χ4n) is 1.52. The summed E-state index contributed by atoms with van der Waals surface area (Å²) < 4.78 is 6.64. The Labute approximate surface area is 104 Å². The SMILES string of the molecule is CC(C)COc1cccc2sc(C(=O)O)cc12. The molecule has 2 aromatic rings. The Kier molecular flexibility index (Phi) is 3.33. The third-order valence-corrected chi connectivity index (χ3v) is 3.39. The summed E-state index contributed by atoms with van der Waals surface area (Å²) in [5, 5.41) is 9.85. The van der Waals surface area contributed by atoms with Crippen molar-refractivity contribution in [2.24, 2.45) is 5.92 Å². The number of ether oxygens (including phenoxy) is 1. The molecule has 4 heteroatoms. The van der Waals surface area contributed by atoms with Gasteiger partial charge in [-0.25, -0.2) is 4.79 Å². The number of fused-ring (bicyclic) bond motifs is 1. The molecule has 90 valence electrons. The van der Waals surface area contributed by atoms with Gasteiger partial charge in [-0.15, -0.1) is 11.3 Å². The fourth-order valence-corrected chi connectivity index (χ4v) is 2.44. The second-order valence-corrected chi connectivity index (χ2v) is 5.37. The standard InChI is InChI=1S/C13H14O3S/c1-8(2)7-16-10-4-3-5-11-9(10)6-12(17-11)13(14)15/h3-6,8H,7H2,1-2H3,(H,14,15). The highest BCUT2D eigenvalue weighted by molar-refractivity contribution is 7.20. The summed E-state index contributed by atoms with van der Waals surface area (Å²) in [5.74, 6) is 0.323. The number of carboxylic acids is 1. The number of thiophene rings is 1. The van der Waals surface area contributed by atoms with Gasteiger partial charge in [0, 0.05) is 10.1 Å². The van der Waals surface area contributed by atoms with Crippen LogP contribution in [0.15, 0.2) is 24.3 Å². The van der Waals surface area contributed by atoms with Gasteiger partial charge < -0.3 is 9.84 Å². The van der Waals surface area contributed by atoms with E-state index >= 15 is 0 Å². The fraction of sp³-hybridized carbons (Fsp3) is 0.308. The first-order valence-corrected chi connectivity index (χ1v) is 6.28. The van der Waals surface area contributed by atoms with Crippen molar-refractivity contribution in [3.63, 3.8) is 0 Å². The van der Waals surface area contributed by atoms with Gasteiger partial charge in [0.25, 0.3) is 0 Å². The summed E-state index contributed by atoms with van der Waals surface area (Å²) >= 11 is 1.27. The number of rotatable bonds is 4. The monoisotopic (exact) mass is 250 g/mol. The van der Waals surface area contributed by atoms with Crippen LogP contribution in [0.25, 0.3) is 10.1 Å². The van der Waals surface area contributed by atoms with Crippen LogP contribution in [0.2, 0.25) is 0 Å². The van der Waals surface area contributed by atoms with Crippen LogP contribution in [0.4, 0.5) is 0 Å². The first-order valence-electron chi connectivity index (χ1n) is 5.46. The molecule has 0 unspecified atom stereocenters. The number of hydrogen-bond donors (Lipinski definition) is 1. The highest BCUT2D eigenvalue weighted by Gasteiger charge is 2.11. The molecule has 0 atom stereocenters. The molecular formula is C13H14O3S. The molecule has 0 aliphatic carbocycles. The molecule has 0 saturated carbocycles. The van der Waals surface area contributed by atoms with Crippen LogP contribution in [0.5, 0.6) is 5.75 Å². The molecular weight excluding hydrogens is 236 g/mol. The second-order valence-electron chi connectivity index (χ2n) is 4.29. The van der Waals surface area contributed by atoms with Crippen LogP contribution >= 0.6 is 11.3 Å².